The second-order valence-electron chi connectivity index (χ2n) is 8.08. The summed E-state index contributed by atoms with van der Waals surface area (Å²) in [6.07, 6.45) is 1.57. The number of carbonyl (C=O) groups excluding carboxylic acids is 2. The van der Waals surface area contributed by atoms with E-state index in [9.17, 15) is 14.0 Å². The molecule has 4 aromatic rings. The molecule has 5 rings (SSSR count). The molecule has 0 aromatic heterocycles. The fourth-order valence-electron chi connectivity index (χ4n) is 4.01. The normalized spacial score (nSPS) is 14.6. The number of hydrogen-bond acceptors (Lipinski definition) is 3. The summed E-state index contributed by atoms with van der Waals surface area (Å²) in [6.45, 7) is 0.177. The van der Waals surface area contributed by atoms with Gasteiger partial charge in [-0.1, -0.05) is 76.6 Å². The van der Waals surface area contributed by atoms with E-state index in [1.165, 1.54) is 6.07 Å². The molecule has 35 heavy (non-hydrogen) atoms. The van der Waals surface area contributed by atoms with Crippen molar-refractivity contribution in [3.8, 4) is 5.75 Å². The Bertz CT molecular complexity index is 1480. The van der Waals surface area contributed by atoms with Crippen LogP contribution in [0.2, 0.25) is 0 Å². The Morgan fingerprint density at radius 2 is 1.66 bits per heavy atom. The molecule has 4 aromatic carbocycles. The Labute approximate surface area is 210 Å². The molecule has 1 fully saturated rings. The number of nitrogens with zero attached hydrogens (tertiary/aromatic N) is 1. The quantitative estimate of drug-likeness (QED) is 0.231. The van der Waals surface area contributed by atoms with Gasteiger partial charge in [0, 0.05) is 15.6 Å². The van der Waals surface area contributed by atoms with Crippen molar-refractivity contribution >= 4 is 44.7 Å². The number of carbonyl (C=O) groups is 2. The first-order valence-electron chi connectivity index (χ1n) is 11.0. The summed E-state index contributed by atoms with van der Waals surface area (Å²) >= 11 is 3.46. The molecule has 7 heteroatoms. The zero-order valence-corrected chi connectivity index (χ0v) is 20.1. The highest BCUT2D eigenvalue weighted by molar-refractivity contribution is 9.10. The van der Waals surface area contributed by atoms with E-state index in [2.05, 4.69) is 39.4 Å². The van der Waals surface area contributed by atoms with Gasteiger partial charge in [0.2, 0.25) is 0 Å². The molecule has 0 saturated carbocycles. The zero-order valence-electron chi connectivity index (χ0n) is 18.5. The Morgan fingerprint density at radius 3 is 2.51 bits per heavy atom. The van der Waals surface area contributed by atoms with Gasteiger partial charge in [0.25, 0.3) is 5.91 Å². The Hall–Kier alpha value is -3.97. The number of ether oxygens (including phenoxy) is 1. The van der Waals surface area contributed by atoms with E-state index in [4.69, 9.17) is 4.74 Å². The van der Waals surface area contributed by atoms with Crippen LogP contribution in [-0.2, 0) is 17.9 Å². The average Bonchev–Trinajstić information content (AvgIpc) is 3.12. The van der Waals surface area contributed by atoms with Gasteiger partial charge in [-0.3, -0.25) is 9.69 Å². The van der Waals surface area contributed by atoms with Crippen LogP contribution in [0, 0.1) is 5.82 Å². The van der Waals surface area contributed by atoms with Crippen molar-refractivity contribution in [3.63, 3.8) is 0 Å². The maximum Gasteiger partial charge on any atom is 0.329 e. The number of urea groups is 1. The average molecular weight is 531 g/mol. The Kier molecular flexibility index (Phi) is 6.33. The minimum atomic E-state index is -0.599. The number of fused-ring (bicyclic) bond motifs is 1. The number of hydrogen-bond donors (Lipinski definition) is 1. The number of nitrogens with one attached hydrogen (secondary N) is 1. The van der Waals surface area contributed by atoms with Crippen LogP contribution in [-0.4, -0.2) is 16.8 Å². The fourth-order valence-corrected chi connectivity index (χ4v) is 4.38. The summed E-state index contributed by atoms with van der Waals surface area (Å²) in [4.78, 5) is 26.4. The van der Waals surface area contributed by atoms with Crippen molar-refractivity contribution in [2.24, 2.45) is 0 Å². The van der Waals surface area contributed by atoms with E-state index in [1.807, 2.05) is 36.4 Å². The van der Waals surface area contributed by atoms with E-state index in [0.29, 0.717) is 17.9 Å². The molecule has 1 saturated heterocycles. The molecule has 1 aliphatic rings. The van der Waals surface area contributed by atoms with Crippen LogP contribution in [0.1, 0.15) is 16.7 Å². The first kappa shape index (κ1) is 22.8. The molecule has 0 spiro atoms. The van der Waals surface area contributed by atoms with Gasteiger partial charge in [0.15, 0.2) is 0 Å². The molecule has 0 radical (unpaired) electrons. The summed E-state index contributed by atoms with van der Waals surface area (Å²) in [5.74, 6) is -0.442. The Balaban J connectivity index is 1.40. The van der Waals surface area contributed by atoms with E-state index in [1.54, 1.807) is 30.3 Å². The third-order valence-corrected chi connectivity index (χ3v) is 6.28. The maximum absolute atomic E-state index is 14.1. The van der Waals surface area contributed by atoms with Gasteiger partial charge in [-0.2, -0.15) is 0 Å². The third-order valence-electron chi connectivity index (χ3n) is 5.78. The molecule has 1 N–H and O–H groups in total. The SMILES string of the molecule is O=C1N/C(=C/c2cc(Br)ccc2OCc2cccc3ccccc23)C(=O)N1Cc1ccccc1F. The highest BCUT2D eigenvalue weighted by Crippen LogP contribution is 2.29. The highest BCUT2D eigenvalue weighted by atomic mass is 79.9. The van der Waals surface area contributed by atoms with E-state index >= 15 is 0 Å². The van der Waals surface area contributed by atoms with Gasteiger partial charge in [0.05, 0.1) is 6.54 Å². The molecule has 0 bridgehead atoms. The standard InChI is InChI=1S/C28H20BrFN2O3/c29-22-12-13-26(35-17-20-9-5-8-18-6-1-3-10-23(18)20)21(14-22)15-25-27(33)32(28(34)31-25)16-19-7-2-4-11-24(19)30/h1-15H,16-17H2,(H,31,34)/b25-15+. The number of rotatable bonds is 6. The van der Waals surface area contributed by atoms with Crippen LogP contribution >= 0.6 is 15.9 Å². The van der Waals surface area contributed by atoms with Crippen molar-refractivity contribution in [2.45, 2.75) is 13.2 Å². The fraction of sp³-hybridized carbons (Fsp3) is 0.0714. The number of benzene rings is 4. The smallest absolute Gasteiger partial charge is 0.329 e. The predicted octanol–water partition coefficient (Wildman–Crippen LogP) is 6.41. The summed E-state index contributed by atoms with van der Waals surface area (Å²) < 4.78 is 21.0. The van der Waals surface area contributed by atoms with E-state index < -0.39 is 17.8 Å². The van der Waals surface area contributed by atoms with Gasteiger partial charge < -0.3 is 10.1 Å². The minimum absolute atomic E-state index is 0.0967. The third kappa shape index (κ3) is 4.81. The first-order valence-corrected chi connectivity index (χ1v) is 11.8. The molecule has 174 valence electrons. The van der Waals surface area contributed by atoms with Gasteiger partial charge in [-0.05, 0) is 46.7 Å². The van der Waals surface area contributed by atoms with Gasteiger partial charge in [-0.25, -0.2) is 9.18 Å². The van der Waals surface area contributed by atoms with Crippen LogP contribution in [0.5, 0.6) is 5.75 Å². The Morgan fingerprint density at radius 1 is 0.914 bits per heavy atom. The molecular weight excluding hydrogens is 511 g/mol. The monoisotopic (exact) mass is 530 g/mol. The molecule has 3 amide bonds. The largest absolute Gasteiger partial charge is 0.488 e. The topological polar surface area (TPSA) is 58.6 Å². The van der Waals surface area contributed by atoms with Gasteiger partial charge in [0.1, 0.15) is 23.9 Å². The molecule has 1 heterocycles. The van der Waals surface area contributed by atoms with Crippen LogP contribution in [0.3, 0.4) is 0 Å². The second kappa shape index (κ2) is 9.72. The second-order valence-corrected chi connectivity index (χ2v) is 9.00. The molecule has 1 aliphatic heterocycles. The minimum Gasteiger partial charge on any atom is -0.488 e. The number of imide groups is 1. The van der Waals surface area contributed by atoms with Gasteiger partial charge in [-0.15, -0.1) is 0 Å². The van der Waals surface area contributed by atoms with Crippen LogP contribution < -0.4 is 10.1 Å². The van der Waals surface area contributed by atoms with Crippen LogP contribution in [0.4, 0.5) is 9.18 Å². The lowest BCUT2D eigenvalue weighted by atomic mass is 10.1. The molecule has 5 nitrogen and oxygen atoms in total. The van der Waals surface area contributed by atoms with Crippen molar-refractivity contribution in [1.82, 2.24) is 10.2 Å². The zero-order chi connectivity index (χ0) is 24.4. The summed E-state index contributed by atoms with van der Waals surface area (Å²) in [7, 11) is 0. The van der Waals surface area contributed by atoms with Crippen molar-refractivity contribution in [3.05, 3.63) is 118 Å². The molecular formula is C28H20BrFN2O3. The molecule has 0 atom stereocenters. The van der Waals surface area contributed by atoms with Crippen LogP contribution in [0.25, 0.3) is 16.8 Å². The summed E-state index contributed by atoms with van der Waals surface area (Å²) in [5, 5.41) is 4.82. The summed E-state index contributed by atoms with van der Waals surface area (Å²) in [5.41, 5.74) is 2.01. The lowest BCUT2D eigenvalue weighted by Crippen LogP contribution is -2.30. The molecule has 0 unspecified atom stereocenters. The maximum atomic E-state index is 14.1. The lowest BCUT2D eigenvalue weighted by molar-refractivity contribution is -0.123. The summed E-state index contributed by atoms with van der Waals surface area (Å²) in [6, 6.07) is 25.1. The van der Waals surface area contributed by atoms with Gasteiger partial charge >= 0.3 is 6.03 Å². The van der Waals surface area contributed by atoms with Crippen molar-refractivity contribution < 1.29 is 18.7 Å². The number of halogens is 2. The predicted molar refractivity (Wildman–Crippen MR) is 136 cm³/mol. The van der Waals surface area contributed by atoms with Crippen molar-refractivity contribution in [2.75, 3.05) is 0 Å². The number of amides is 3. The van der Waals surface area contributed by atoms with Crippen LogP contribution in [0.15, 0.2) is 95.1 Å². The van der Waals surface area contributed by atoms with Crippen molar-refractivity contribution in [1.29, 1.82) is 0 Å². The van der Waals surface area contributed by atoms with E-state index in [0.717, 1.165) is 25.7 Å². The van der Waals surface area contributed by atoms with E-state index in [-0.39, 0.29) is 17.8 Å². The first-order chi connectivity index (χ1) is 17.0. The highest BCUT2D eigenvalue weighted by Gasteiger charge is 2.34. The molecule has 0 aliphatic carbocycles. The lowest BCUT2D eigenvalue weighted by Gasteiger charge is -2.13.